The normalized spacial score (nSPS) is 11.6. The highest BCUT2D eigenvalue weighted by Gasteiger charge is 2.21. The summed E-state index contributed by atoms with van der Waals surface area (Å²) in [4.78, 5) is 18.6. The van der Waals surface area contributed by atoms with Crippen LogP contribution in [0.4, 0.5) is 11.5 Å². The Bertz CT molecular complexity index is 650. The molecule has 8 heteroatoms. The summed E-state index contributed by atoms with van der Waals surface area (Å²) in [6.07, 6.45) is 3.09. The van der Waals surface area contributed by atoms with Crippen LogP contribution < -0.4 is 5.32 Å². The van der Waals surface area contributed by atoms with Crippen LogP contribution in [0.5, 0.6) is 0 Å². The van der Waals surface area contributed by atoms with Gasteiger partial charge in [-0.2, -0.15) is 5.26 Å². The molecular weight excluding hydrogens is 278 g/mol. The molecule has 1 unspecified atom stereocenters. The summed E-state index contributed by atoms with van der Waals surface area (Å²) in [5.74, 6) is 0.208. The third kappa shape index (κ3) is 2.89. The molecule has 2 heterocycles. The number of nitrogens with one attached hydrogen (secondary N) is 1. The van der Waals surface area contributed by atoms with E-state index in [1.165, 1.54) is 23.6 Å². The molecule has 0 radical (unpaired) electrons. The van der Waals surface area contributed by atoms with Crippen LogP contribution in [0, 0.1) is 21.4 Å². The fraction of sp³-hybridized carbons (Fsp3) is 0.250. The molecule has 102 valence electrons. The number of hydrogen-bond acceptors (Lipinski definition) is 7. The van der Waals surface area contributed by atoms with E-state index in [1.54, 1.807) is 12.3 Å². The third-order valence-electron chi connectivity index (χ3n) is 2.68. The molecule has 1 N–H and O–H groups in total. The van der Waals surface area contributed by atoms with Crippen molar-refractivity contribution in [3.63, 3.8) is 0 Å². The lowest BCUT2D eigenvalue weighted by Crippen LogP contribution is -2.12. The lowest BCUT2D eigenvalue weighted by Gasteiger charge is -2.10. The first-order valence-corrected chi connectivity index (χ1v) is 6.68. The van der Waals surface area contributed by atoms with Crippen molar-refractivity contribution >= 4 is 22.8 Å². The van der Waals surface area contributed by atoms with E-state index in [0.29, 0.717) is 6.54 Å². The molecule has 2 rings (SSSR count). The zero-order valence-electron chi connectivity index (χ0n) is 10.6. The topological polar surface area (TPSA) is 105 Å². The standard InChI is InChI=1S/C12H11N5O2S/c1-8(12-15-4-5-20-12)7-16-11-10(17(18)19)9(6-13)2-3-14-11/h2-5,8H,7H2,1H3,(H,14,16). The molecule has 20 heavy (non-hydrogen) atoms. The minimum Gasteiger partial charge on any atom is -0.364 e. The lowest BCUT2D eigenvalue weighted by molar-refractivity contribution is -0.384. The molecular formula is C12H11N5O2S. The lowest BCUT2D eigenvalue weighted by atomic mass is 10.2. The molecule has 0 saturated heterocycles. The number of pyridine rings is 1. The van der Waals surface area contributed by atoms with Gasteiger partial charge >= 0.3 is 5.69 Å². The van der Waals surface area contributed by atoms with E-state index >= 15 is 0 Å². The second-order valence-electron chi connectivity index (χ2n) is 4.08. The number of nitro groups is 1. The molecule has 0 amide bonds. The number of nitrogens with zero attached hydrogens (tertiary/aromatic N) is 4. The molecule has 2 aromatic heterocycles. The monoisotopic (exact) mass is 289 g/mol. The molecule has 7 nitrogen and oxygen atoms in total. The second-order valence-corrected chi connectivity index (χ2v) is 5.00. The van der Waals surface area contributed by atoms with E-state index in [-0.39, 0.29) is 23.0 Å². The van der Waals surface area contributed by atoms with Crippen molar-refractivity contribution in [2.75, 3.05) is 11.9 Å². The Morgan fingerprint density at radius 2 is 2.35 bits per heavy atom. The summed E-state index contributed by atoms with van der Waals surface area (Å²) in [6, 6.07) is 3.13. The van der Waals surface area contributed by atoms with Crippen LogP contribution in [0.2, 0.25) is 0 Å². The van der Waals surface area contributed by atoms with Gasteiger partial charge in [-0.3, -0.25) is 10.1 Å². The van der Waals surface area contributed by atoms with Crippen LogP contribution in [0.1, 0.15) is 23.4 Å². The van der Waals surface area contributed by atoms with Crippen molar-refractivity contribution in [1.82, 2.24) is 9.97 Å². The van der Waals surface area contributed by atoms with Gasteiger partial charge < -0.3 is 5.32 Å². The predicted molar refractivity (Wildman–Crippen MR) is 74.6 cm³/mol. The highest BCUT2D eigenvalue weighted by Crippen LogP contribution is 2.26. The number of anilines is 1. The van der Waals surface area contributed by atoms with Gasteiger partial charge in [0.05, 0.1) is 9.93 Å². The summed E-state index contributed by atoms with van der Waals surface area (Å²) in [5.41, 5.74) is -0.296. The van der Waals surface area contributed by atoms with Crippen molar-refractivity contribution < 1.29 is 4.92 Å². The van der Waals surface area contributed by atoms with Crippen LogP contribution >= 0.6 is 11.3 Å². The van der Waals surface area contributed by atoms with Gasteiger partial charge in [-0.25, -0.2) is 9.97 Å². The van der Waals surface area contributed by atoms with Gasteiger partial charge in [0, 0.05) is 30.2 Å². The average Bonchev–Trinajstić information content (AvgIpc) is 2.98. The molecule has 2 aromatic rings. The zero-order chi connectivity index (χ0) is 14.5. The quantitative estimate of drug-likeness (QED) is 0.669. The van der Waals surface area contributed by atoms with Crippen molar-refractivity contribution in [3.8, 4) is 6.07 Å². The van der Waals surface area contributed by atoms with E-state index in [0.717, 1.165) is 5.01 Å². The van der Waals surface area contributed by atoms with E-state index in [1.807, 2.05) is 12.3 Å². The van der Waals surface area contributed by atoms with Gasteiger partial charge in [-0.1, -0.05) is 6.92 Å². The van der Waals surface area contributed by atoms with Crippen LogP contribution in [0.3, 0.4) is 0 Å². The first-order chi connectivity index (χ1) is 9.63. The Balaban J connectivity index is 2.18. The largest absolute Gasteiger partial charge is 0.364 e. The Labute approximate surface area is 119 Å². The van der Waals surface area contributed by atoms with Gasteiger partial charge in [-0.15, -0.1) is 11.3 Å². The van der Waals surface area contributed by atoms with E-state index in [4.69, 9.17) is 5.26 Å². The van der Waals surface area contributed by atoms with E-state index in [9.17, 15) is 10.1 Å². The third-order valence-corrected chi connectivity index (χ3v) is 3.68. The molecule has 0 fully saturated rings. The van der Waals surface area contributed by atoms with Gasteiger partial charge in [0.25, 0.3) is 0 Å². The molecule has 0 aliphatic heterocycles. The molecule has 0 bridgehead atoms. The summed E-state index contributed by atoms with van der Waals surface area (Å²) in [6.45, 7) is 2.42. The number of rotatable bonds is 5. The highest BCUT2D eigenvalue weighted by atomic mass is 32.1. The summed E-state index contributed by atoms with van der Waals surface area (Å²) in [7, 11) is 0. The molecule has 0 aliphatic carbocycles. The smallest absolute Gasteiger partial charge is 0.328 e. The summed E-state index contributed by atoms with van der Waals surface area (Å²) < 4.78 is 0. The molecule has 0 aliphatic rings. The number of aromatic nitrogens is 2. The minimum atomic E-state index is -0.595. The van der Waals surface area contributed by atoms with Crippen LogP contribution in [0.15, 0.2) is 23.8 Å². The SMILES string of the molecule is CC(CNc1nccc(C#N)c1[N+](=O)[O-])c1nccs1. The van der Waals surface area contributed by atoms with Gasteiger partial charge in [0.15, 0.2) is 0 Å². The molecule has 0 aromatic carbocycles. The molecule has 1 atom stereocenters. The Morgan fingerprint density at radius 3 is 2.95 bits per heavy atom. The van der Waals surface area contributed by atoms with Crippen molar-refractivity contribution in [1.29, 1.82) is 5.26 Å². The molecule has 0 saturated carbocycles. The first-order valence-electron chi connectivity index (χ1n) is 5.80. The Kier molecular flexibility index (Phi) is 4.22. The maximum absolute atomic E-state index is 11.0. The minimum absolute atomic E-state index is 0.00518. The fourth-order valence-corrected chi connectivity index (χ4v) is 2.37. The number of thiazole rings is 1. The van der Waals surface area contributed by atoms with E-state index in [2.05, 4.69) is 15.3 Å². The Morgan fingerprint density at radius 1 is 1.55 bits per heavy atom. The van der Waals surface area contributed by atoms with Gasteiger partial charge in [0.2, 0.25) is 5.82 Å². The first kappa shape index (κ1) is 13.9. The highest BCUT2D eigenvalue weighted by molar-refractivity contribution is 7.09. The van der Waals surface area contributed by atoms with Crippen LogP contribution in [0.25, 0.3) is 0 Å². The second kappa shape index (κ2) is 6.08. The molecule has 0 spiro atoms. The van der Waals surface area contributed by atoms with Gasteiger partial charge in [0.1, 0.15) is 11.6 Å². The zero-order valence-corrected chi connectivity index (χ0v) is 11.4. The number of nitriles is 1. The maximum Gasteiger partial charge on any atom is 0.328 e. The van der Waals surface area contributed by atoms with Crippen molar-refractivity contribution in [3.05, 3.63) is 44.5 Å². The number of hydrogen-bond donors (Lipinski definition) is 1. The van der Waals surface area contributed by atoms with Crippen LogP contribution in [-0.2, 0) is 0 Å². The summed E-state index contributed by atoms with van der Waals surface area (Å²) >= 11 is 1.53. The van der Waals surface area contributed by atoms with Gasteiger partial charge in [-0.05, 0) is 6.07 Å². The van der Waals surface area contributed by atoms with Crippen LogP contribution in [-0.4, -0.2) is 21.4 Å². The average molecular weight is 289 g/mol. The van der Waals surface area contributed by atoms with Crippen molar-refractivity contribution in [2.24, 2.45) is 0 Å². The maximum atomic E-state index is 11.0. The van der Waals surface area contributed by atoms with Crippen molar-refractivity contribution in [2.45, 2.75) is 12.8 Å². The van der Waals surface area contributed by atoms with E-state index < -0.39 is 4.92 Å². The predicted octanol–water partition coefficient (Wildman–Crippen LogP) is 2.53. The fourth-order valence-electron chi connectivity index (χ4n) is 1.67. The Hall–Kier alpha value is -2.53. The summed E-state index contributed by atoms with van der Waals surface area (Å²) in [5, 5.41) is 25.7.